The van der Waals surface area contributed by atoms with Crippen molar-refractivity contribution in [3.05, 3.63) is 212 Å². The number of hydrogen-bond acceptors (Lipinski definition) is 2. The first kappa shape index (κ1) is 32.5. The van der Waals surface area contributed by atoms with Gasteiger partial charge in [-0.15, -0.1) is 0 Å². The molecule has 0 aliphatic carbocycles. The van der Waals surface area contributed by atoms with Crippen molar-refractivity contribution in [3.8, 4) is 67.1 Å². The van der Waals surface area contributed by atoms with E-state index in [0.29, 0.717) is 0 Å². The molecule has 9 aromatic carbocycles. The molecular formula is C53H37NO. The van der Waals surface area contributed by atoms with Gasteiger partial charge in [0.25, 0.3) is 0 Å². The van der Waals surface area contributed by atoms with Crippen LogP contribution in [0.1, 0.15) is 5.56 Å². The SMILES string of the molecule is Cc1cc2c3c(cccc3c1)Oc1ccc(-c3cccc(N(c4ccc(-c5ccccc5)cc4)c4ccc(-c5ccc(-c6ccccc6)cc5)cc4)c3)cc1-2. The summed E-state index contributed by atoms with van der Waals surface area (Å²) in [5.41, 5.74) is 16.3. The second-order valence-corrected chi connectivity index (χ2v) is 14.3. The van der Waals surface area contributed by atoms with Crippen LogP contribution in [0.4, 0.5) is 17.1 Å². The van der Waals surface area contributed by atoms with Gasteiger partial charge >= 0.3 is 0 Å². The number of fused-ring (bicyclic) bond motifs is 2. The molecule has 9 aromatic rings. The summed E-state index contributed by atoms with van der Waals surface area (Å²) in [7, 11) is 0. The number of benzene rings is 9. The van der Waals surface area contributed by atoms with Crippen LogP contribution in [-0.4, -0.2) is 0 Å². The number of nitrogens with zero attached hydrogens (tertiary/aromatic N) is 1. The highest BCUT2D eigenvalue weighted by atomic mass is 16.5. The van der Waals surface area contributed by atoms with Gasteiger partial charge in [-0.1, -0.05) is 152 Å². The van der Waals surface area contributed by atoms with Crippen LogP contribution in [-0.2, 0) is 0 Å². The van der Waals surface area contributed by atoms with E-state index in [2.05, 4.69) is 218 Å². The van der Waals surface area contributed by atoms with Crippen LogP contribution in [0.25, 0.3) is 66.4 Å². The summed E-state index contributed by atoms with van der Waals surface area (Å²) < 4.78 is 6.46. The van der Waals surface area contributed by atoms with Crippen molar-refractivity contribution in [1.29, 1.82) is 0 Å². The fraction of sp³-hybridized carbons (Fsp3) is 0.0189. The molecule has 1 aliphatic heterocycles. The maximum absolute atomic E-state index is 6.46. The summed E-state index contributed by atoms with van der Waals surface area (Å²) in [5, 5.41) is 2.38. The summed E-state index contributed by atoms with van der Waals surface area (Å²) in [4.78, 5) is 2.35. The minimum Gasteiger partial charge on any atom is -0.456 e. The molecule has 0 unspecified atom stereocenters. The quantitative estimate of drug-likeness (QED) is 0.164. The lowest BCUT2D eigenvalue weighted by Crippen LogP contribution is -2.10. The minimum absolute atomic E-state index is 0.889. The van der Waals surface area contributed by atoms with Gasteiger partial charge in [-0.05, 0) is 123 Å². The first-order valence-electron chi connectivity index (χ1n) is 18.8. The number of aryl methyl sites for hydroxylation is 1. The van der Waals surface area contributed by atoms with Gasteiger partial charge in [-0.2, -0.15) is 0 Å². The number of rotatable bonds is 7. The van der Waals surface area contributed by atoms with Crippen molar-refractivity contribution in [3.63, 3.8) is 0 Å². The van der Waals surface area contributed by atoms with Crippen LogP contribution in [0.5, 0.6) is 11.5 Å². The van der Waals surface area contributed by atoms with E-state index >= 15 is 0 Å². The summed E-state index contributed by atoms with van der Waals surface area (Å²) in [5.74, 6) is 1.80. The Hall–Kier alpha value is -7.16. The van der Waals surface area contributed by atoms with Crippen LogP contribution >= 0.6 is 0 Å². The van der Waals surface area contributed by atoms with E-state index in [1.165, 1.54) is 55.3 Å². The van der Waals surface area contributed by atoms with Crippen LogP contribution in [0.15, 0.2) is 206 Å². The summed E-state index contributed by atoms with van der Waals surface area (Å²) in [6.07, 6.45) is 0. The molecule has 10 rings (SSSR count). The van der Waals surface area contributed by atoms with Crippen molar-refractivity contribution in [2.24, 2.45) is 0 Å². The number of ether oxygens (including phenoxy) is 1. The summed E-state index contributed by atoms with van der Waals surface area (Å²) in [6, 6.07) is 74.0. The smallest absolute Gasteiger partial charge is 0.135 e. The van der Waals surface area contributed by atoms with Crippen molar-refractivity contribution < 1.29 is 4.74 Å². The predicted molar refractivity (Wildman–Crippen MR) is 231 cm³/mol. The molecule has 0 bridgehead atoms. The average molecular weight is 704 g/mol. The highest BCUT2D eigenvalue weighted by Crippen LogP contribution is 2.48. The zero-order valence-corrected chi connectivity index (χ0v) is 30.5. The predicted octanol–water partition coefficient (Wildman–Crippen LogP) is 15.1. The van der Waals surface area contributed by atoms with Crippen molar-refractivity contribution in [2.75, 3.05) is 4.90 Å². The van der Waals surface area contributed by atoms with Crippen molar-refractivity contribution >= 4 is 27.8 Å². The van der Waals surface area contributed by atoms with Gasteiger partial charge < -0.3 is 9.64 Å². The summed E-state index contributed by atoms with van der Waals surface area (Å²) >= 11 is 0. The Morgan fingerprint density at radius 2 is 0.818 bits per heavy atom. The van der Waals surface area contributed by atoms with E-state index in [9.17, 15) is 0 Å². The van der Waals surface area contributed by atoms with Crippen LogP contribution < -0.4 is 9.64 Å². The molecule has 1 heterocycles. The molecule has 1 aliphatic rings. The summed E-state index contributed by atoms with van der Waals surface area (Å²) in [6.45, 7) is 2.17. The van der Waals surface area contributed by atoms with Crippen LogP contribution in [0.3, 0.4) is 0 Å². The minimum atomic E-state index is 0.889. The molecule has 0 radical (unpaired) electrons. The largest absolute Gasteiger partial charge is 0.456 e. The molecule has 2 heteroatoms. The lowest BCUT2D eigenvalue weighted by molar-refractivity contribution is 0.487. The Bertz CT molecular complexity index is 2810. The molecule has 0 aromatic heterocycles. The maximum Gasteiger partial charge on any atom is 0.135 e. The molecule has 0 atom stereocenters. The van der Waals surface area contributed by atoms with E-state index in [0.717, 1.165) is 45.3 Å². The lowest BCUT2D eigenvalue weighted by atomic mass is 9.91. The van der Waals surface area contributed by atoms with E-state index in [1.54, 1.807) is 0 Å². The molecule has 0 spiro atoms. The first-order chi connectivity index (χ1) is 27.1. The Balaban J connectivity index is 1.03. The second-order valence-electron chi connectivity index (χ2n) is 14.3. The molecule has 2 nitrogen and oxygen atoms in total. The van der Waals surface area contributed by atoms with Crippen molar-refractivity contribution in [2.45, 2.75) is 6.92 Å². The molecule has 0 saturated heterocycles. The van der Waals surface area contributed by atoms with Gasteiger partial charge in [-0.25, -0.2) is 0 Å². The Morgan fingerprint density at radius 3 is 1.42 bits per heavy atom. The zero-order valence-electron chi connectivity index (χ0n) is 30.5. The fourth-order valence-electron chi connectivity index (χ4n) is 7.96. The van der Waals surface area contributed by atoms with Gasteiger partial charge in [-0.3, -0.25) is 0 Å². The van der Waals surface area contributed by atoms with Crippen molar-refractivity contribution in [1.82, 2.24) is 0 Å². The van der Waals surface area contributed by atoms with Gasteiger partial charge in [0.2, 0.25) is 0 Å². The maximum atomic E-state index is 6.46. The van der Waals surface area contributed by atoms with E-state index < -0.39 is 0 Å². The first-order valence-corrected chi connectivity index (χ1v) is 18.8. The third kappa shape index (κ3) is 6.14. The third-order valence-electron chi connectivity index (χ3n) is 10.7. The normalized spacial score (nSPS) is 11.5. The van der Waals surface area contributed by atoms with E-state index in [1.807, 2.05) is 0 Å². The molecule has 0 saturated carbocycles. The monoisotopic (exact) mass is 703 g/mol. The van der Waals surface area contributed by atoms with Crippen LogP contribution in [0, 0.1) is 6.92 Å². The number of hydrogen-bond donors (Lipinski definition) is 0. The topological polar surface area (TPSA) is 12.5 Å². The molecular weight excluding hydrogens is 667 g/mol. The Labute approximate surface area is 322 Å². The fourth-order valence-corrected chi connectivity index (χ4v) is 7.96. The highest BCUT2D eigenvalue weighted by Gasteiger charge is 2.21. The number of anilines is 3. The second kappa shape index (κ2) is 13.7. The van der Waals surface area contributed by atoms with Gasteiger partial charge in [0.1, 0.15) is 11.5 Å². The molecule has 55 heavy (non-hydrogen) atoms. The lowest BCUT2D eigenvalue weighted by Gasteiger charge is -2.27. The average Bonchev–Trinajstić information content (AvgIpc) is 3.25. The zero-order chi connectivity index (χ0) is 36.7. The van der Waals surface area contributed by atoms with E-state index in [-0.39, 0.29) is 0 Å². The van der Waals surface area contributed by atoms with Gasteiger partial charge in [0, 0.05) is 28.0 Å². The van der Waals surface area contributed by atoms with Crippen LogP contribution in [0.2, 0.25) is 0 Å². The molecule has 260 valence electrons. The Kier molecular flexibility index (Phi) is 8.08. The van der Waals surface area contributed by atoms with E-state index in [4.69, 9.17) is 4.74 Å². The Morgan fingerprint density at radius 1 is 0.327 bits per heavy atom. The molecule has 0 amide bonds. The third-order valence-corrected chi connectivity index (χ3v) is 10.7. The standard InChI is InChI=1S/C53H37NO/c1-36-32-45-15-9-17-52-53(45)50(33-36)49-35-44(26-31-51(49)55-52)43-14-8-16-48(34-43)54(46-27-22-41(23-28-46)38-12-6-3-7-13-38)47-29-24-42(25-30-47)40-20-18-39(19-21-40)37-10-4-2-5-11-37/h2-35H,1H3. The molecule has 0 N–H and O–H groups in total. The highest BCUT2D eigenvalue weighted by molar-refractivity contribution is 6.05. The van der Waals surface area contributed by atoms with Gasteiger partial charge in [0.05, 0.1) is 0 Å². The van der Waals surface area contributed by atoms with Gasteiger partial charge in [0.15, 0.2) is 0 Å². The molecule has 0 fully saturated rings.